The highest BCUT2D eigenvalue weighted by Gasteiger charge is 2.25. The predicted molar refractivity (Wildman–Crippen MR) is 126 cm³/mol. The van der Waals surface area contributed by atoms with Gasteiger partial charge in [-0.3, -0.25) is 4.79 Å². The van der Waals surface area contributed by atoms with Crippen molar-refractivity contribution in [3.05, 3.63) is 65.2 Å². The van der Waals surface area contributed by atoms with Crippen molar-refractivity contribution in [2.45, 2.75) is 37.1 Å². The van der Waals surface area contributed by atoms with Crippen LogP contribution in [-0.2, 0) is 26.6 Å². The van der Waals surface area contributed by atoms with Crippen molar-refractivity contribution in [3.8, 4) is 5.75 Å². The highest BCUT2D eigenvalue weighted by atomic mass is 32.1. The quantitative estimate of drug-likeness (QED) is 0.143. The molecule has 0 aliphatic rings. The van der Waals surface area contributed by atoms with Gasteiger partial charge in [0.1, 0.15) is 17.8 Å². The summed E-state index contributed by atoms with van der Waals surface area (Å²) in [6, 6.07) is 8.78. The predicted octanol–water partition coefficient (Wildman–Crippen LogP) is 1.95. The lowest BCUT2D eigenvalue weighted by Crippen LogP contribution is -2.51. The number of ether oxygens (including phenoxy) is 1. The monoisotopic (exact) mass is 504 g/mol. The molecule has 2 aromatic rings. The molecule has 35 heavy (non-hydrogen) atoms. The highest BCUT2D eigenvalue weighted by Crippen LogP contribution is 2.16. The van der Waals surface area contributed by atoms with Crippen LogP contribution >= 0.6 is 12.6 Å². The van der Waals surface area contributed by atoms with Crippen molar-refractivity contribution in [2.24, 2.45) is 0 Å². The molecule has 2 rings (SSSR count). The van der Waals surface area contributed by atoms with Crippen molar-refractivity contribution < 1.29 is 44.0 Å². The molecule has 0 fully saturated rings. The maximum absolute atomic E-state index is 12.3. The number of hydrogen-bond acceptors (Lipinski definition) is 7. The minimum absolute atomic E-state index is 0.144. The second-order valence-electron chi connectivity index (χ2n) is 7.42. The van der Waals surface area contributed by atoms with E-state index in [-0.39, 0.29) is 18.6 Å². The van der Waals surface area contributed by atoms with Crippen LogP contribution in [0.5, 0.6) is 5.75 Å². The average Bonchev–Trinajstić information content (AvgIpc) is 2.82. The van der Waals surface area contributed by atoms with Gasteiger partial charge in [-0.25, -0.2) is 19.2 Å². The smallest absolute Gasteiger partial charge is 0.343 e. The molecule has 0 aliphatic carbocycles. The van der Waals surface area contributed by atoms with E-state index in [1.807, 2.05) is 0 Å². The molecule has 11 nitrogen and oxygen atoms in total. The van der Waals surface area contributed by atoms with E-state index in [9.17, 15) is 29.1 Å². The van der Waals surface area contributed by atoms with Crippen LogP contribution in [0.1, 0.15) is 34.3 Å². The number of amides is 2. The van der Waals surface area contributed by atoms with E-state index < -0.39 is 48.4 Å². The molecule has 2 aromatic carbocycles. The van der Waals surface area contributed by atoms with Crippen LogP contribution in [0.3, 0.4) is 0 Å². The Hall–Kier alpha value is -4.06. The first-order valence-electron chi connectivity index (χ1n) is 10.3. The SMILES string of the molecule is O=C(O)CC[C@H](NC(=O)N[C@@H](Cc1ccc(OC(=O)c2ccc(CS)cc2)cc1)C(=O)O)C(=O)O. The van der Waals surface area contributed by atoms with Gasteiger partial charge < -0.3 is 30.7 Å². The molecular weight excluding hydrogens is 480 g/mol. The minimum Gasteiger partial charge on any atom is -0.481 e. The number of carboxylic acids is 3. The summed E-state index contributed by atoms with van der Waals surface area (Å²) in [7, 11) is 0. The zero-order valence-electron chi connectivity index (χ0n) is 18.3. The number of carbonyl (C=O) groups is 5. The van der Waals surface area contributed by atoms with E-state index in [0.29, 0.717) is 16.9 Å². The number of aliphatic carboxylic acids is 3. The first-order chi connectivity index (χ1) is 16.6. The Bertz CT molecular complexity index is 1070. The molecule has 0 aromatic heterocycles. The van der Waals surface area contributed by atoms with Crippen LogP contribution < -0.4 is 15.4 Å². The van der Waals surface area contributed by atoms with Crippen LogP contribution in [0, 0.1) is 0 Å². The van der Waals surface area contributed by atoms with Gasteiger partial charge in [0.15, 0.2) is 0 Å². The van der Waals surface area contributed by atoms with E-state index in [4.69, 9.17) is 14.9 Å². The zero-order valence-corrected chi connectivity index (χ0v) is 19.2. The van der Waals surface area contributed by atoms with Crippen molar-refractivity contribution in [1.29, 1.82) is 0 Å². The Kier molecular flexibility index (Phi) is 10.1. The molecule has 0 saturated carbocycles. The topological polar surface area (TPSA) is 179 Å². The summed E-state index contributed by atoms with van der Waals surface area (Å²) in [6.07, 6.45) is -0.998. The van der Waals surface area contributed by atoms with Crippen molar-refractivity contribution in [2.75, 3.05) is 0 Å². The summed E-state index contributed by atoms with van der Waals surface area (Å²) in [5, 5.41) is 31.4. The fraction of sp³-hybridized carbons (Fsp3) is 0.261. The highest BCUT2D eigenvalue weighted by molar-refractivity contribution is 7.79. The van der Waals surface area contributed by atoms with Gasteiger partial charge in [-0.05, 0) is 41.8 Å². The number of rotatable bonds is 12. The summed E-state index contributed by atoms with van der Waals surface area (Å²) in [5.41, 5.74) is 1.79. The van der Waals surface area contributed by atoms with E-state index in [1.54, 1.807) is 24.3 Å². The number of urea groups is 1. The van der Waals surface area contributed by atoms with Crippen molar-refractivity contribution in [3.63, 3.8) is 0 Å². The van der Waals surface area contributed by atoms with Gasteiger partial charge in [0.25, 0.3) is 0 Å². The fourth-order valence-electron chi connectivity index (χ4n) is 2.92. The molecule has 2 amide bonds. The first-order valence-corrected chi connectivity index (χ1v) is 11.0. The maximum Gasteiger partial charge on any atom is 0.343 e. The van der Waals surface area contributed by atoms with Gasteiger partial charge in [0.05, 0.1) is 5.56 Å². The van der Waals surface area contributed by atoms with Crippen LogP contribution in [0.2, 0.25) is 0 Å². The van der Waals surface area contributed by atoms with E-state index in [0.717, 1.165) is 5.56 Å². The van der Waals surface area contributed by atoms with Crippen LogP contribution in [-0.4, -0.2) is 57.3 Å². The number of esters is 1. The summed E-state index contributed by atoms with van der Waals surface area (Å²) < 4.78 is 5.30. The summed E-state index contributed by atoms with van der Waals surface area (Å²) >= 11 is 4.16. The lowest BCUT2D eigenvalue weighted by Gasteiger charge is -2.18. The molecule has 0 aliphatic heterocycles. The first kappa shape index (κ1) is 27.2. The van der Waals surface area contributed by atoms with Crippen LogP contribution in [0.15, 0.2) is 48.5 Å². The Morgan fingerprint density at radius 3 is 1.86 bits per heavy atom. The van der Waals surface area contributed by atoms with Gasteiger partial charge in [-0.1, -0.05) is 24.3 Å². The van der Waals surface area contributed by atoms with Crippen molar-refractivity contribution in [1.82, 2.24) is 10.6 Å². The Morgan fingerprint density at radius 1 is 0.800 bits per heavy atom. The normalized spacial score (nSPS) is 12.1. The molecule has 0 unspecified atom stereocenters. The third-order valence-corrected chi connectivity index (χ3v) is 5.16. The van der Waals surface area contributed by atoms with Crippen LogP contribution in [0.25, 0.3) is 0 Å². The molecule has 5 N–H and O–H groups in total. The molecular formula is C23H24N2O9S. The van der Waals surface area contributed by atoms with Gasteiger partial charge in [-0.15, -0.1) is 0 Å². The maximum atomic E-state index is 12.3. The molecule has 0 saturated heterocycles. The largest absolute Gasteiger partial charge is 0.481 e. The van der Waals surface area contributed by atoms with Crippen LogP contribution in [0.4, 0.5) is 4.79 Å². The van der Waals surface area contributed by atoms with Gasteiger partial charge in [0, 0.05) is 18.6 Å². The van der Waals surface area contributed by atoms with Gasteiger partial charge >= 0.3 is 29.9 Å². The Balaban J connectivity index is 1.96. The fourth-order valence-corrected chi connectivity index (χ4v) is 3.14. The van der Waals surface area contributed by atoms with E-state index in [2.05, 4.69) is 23.3 Å². The number of carbonyl (C=O) groups excluding carboxylic acids is 2. The number of carboxylic acid groups (broad SMARTS) is 3. The number of thiol groups is 1. The lowest BCUT2D eigenvalue weighted by molar-refractivity contribution is -0.140. The van der Waals surface area contributed by atoms with Crippen molar-refractivity contribution >= 4 is 42.5 Å². The second kappa shape index (κ2) is 13.0. The van der Waals surface area contributed by atoms with E-state index >= 15 is 0 Å². The number of nitrogens with one attached hydrogen (secondary N) is 2. The van der Waals surface area contributed by atoms with Gasteiger partial charge in [0.2, 0.25) is 0 Å². The summed E-state index contributed by atoms with van der Waals surface area (Å²) in [6.45, 7) is 0. The molecule has 0 spiro atoms. The number of hydrogen-bond donors (Lipinski definition) is 6. The minimum atomic E-state index is -1.50. The second-order valence-corrected chi connectivity index (χ2v) is 7.74. The van der Waals surface area contributed by atoms with Gasteiger partial charge in [-0.2, -0.15) is 12.6 Å². The van der Waals surface area contributed by atoms with E-state index in [1.165, 1.54) is 24.3 Å². The summed E-state index contributed by atoms with van der Waals surface area (Å²) in [4.78, 5) is 57.8. The number of benzene rings is 2. The molecule has 0 heterocycles. The zero-order chi connectivity index (χ0) is 26.0. The molecule has 0 bridgehead atoms. The average molecular weight is 505 g/mol. The Labute approximate surface area is 205 Å². The third-order valence-electron chi connectivity index (χ3n) is 4.80. The molecule has 12 heteroatoms. The standard InChI is InChI=1S/C23H24N2O9S/c26-19(27)10-9-17(20(28)29)24-23(33)25-18(21(30)31)11-13-3-7-16(8-4-13)34-22(32)15-5-1-14(12-35)2-6-15/h1-8,17-18,35H,9-12H2,(H,26,27)(H,28,29)(H,30,31)(H2,24,25,33)/t17-,18-/m0/s1. The lowest BCUT2D eigenvalue weighted by atomic mass is 10.1. The molecule has 186 valence electrons. The Morgan fingerprint density at radius 2 is 1.34 bits per heavy atom. The summed E-state index contributed by atoms with van der Waals surface area (Å²) in [5.74, 6) is -3.84. The molecule has 2 atom stereocenters. The third kappa shape index (κ3) is 9.01. The molecule has 0 radical (unpaired) electrons.